The van der Waals surface area contributed by atoms with Crippen LogP contribution in [0.2, 0.25) is 0 Å². The summed E-state index contributed by atoms with van der Waals surface area (Å²) in [5, 5.41) is 3.39. The molecule has 0 spiro atoms. The van der Waals surface area contributed by atoms with Gasteiger partial charge in [0.1, 0.15) is 0 Å². The zero-order valence-corrected chi connectivity index (χ0v) is 10.8. The van der Waals surface area contributed by atoms with Crippen molar-refractivity contribution in [3.8, 4) is 0 Å². The van der Waals surface area contributed by atoms with Crippen LogP contribution < -0.4 is 5.32 Å². The van der Waals surface area contributed by atoms with Gasteiger partial charge in [-0.2, -0.15) is 0 Å². The minimum absolute atomic E-state index is 0.00509. The van der Waals surface area contributed by atoms with Gasteiger partial charge >= 0.3 is 0 Å². The maximum absolute atomic E-state index is 12.0. The predicted molar refractivity (Wildman–Crippen MR) is 65.2 cm³/mol. The molecule has 1 saturated heterocycles. The first-order chi connectivity index (χ1) is 7.50. The lowest BCUT2D eigenvalue weighted by Crippen LogP contribution is -2.44. The molecule has 3 heteroatoms. The molecule has 2 atom stereocenters. The standard InChI is InChI=1S/C13H24N2O/c1-10(12(16)15-6-4-5-7-15)14-9-11-8-13(11,2)3/h10-11,14H,4-9H2,1-3H3. The Bertz CT molecular complexity index is 269. The third kappa shape index (κ3) is 2.57. The van der Waals surface area contributed by atoms with E-state index >= 15 is 0 Å². The molecule has 0 radical (unpaired) electrons. The monoisotopic (exact) mass is 224 g/mol. The Kier molecular flexibility index (Phi) is 3.24. The number of hydrogen-bond acceptors (Lipinski definition) is 2. The summed E-state index contributed by atoms with van der Waals surface area (Å²) < 4.78 is 0. The highest BCUT2D eigenvalue weighted by molar-refractivity contribution is 5.81. The van der Waals surface area contributed by atoms with Crippen LogP contribution in [0.4, 0.5) is 0 Å². The van der Waals surface area contributed by atoms with E-state index in [0.717, 1.165) is 25.6 Å². The van der Waals surface area contributed by atoms with Crippen LogP contribution in [0, 0.1) is 11.3 Å². The van der Waals surface area contributed by atoms with Crippen molar-refractivity contribution in [2.45, 2.75) is 46.1 Å². The highest BCUT2D eigenvalue weighted by atomic mass is 16.2. The molecule has 1 aliphatic heterocycles. The summed E-state index contributed by atoms with van der Waals surface area (Å²) in [5.74, 6) is 1.05. The molecule has 1 N–H and O–H groups in total. The van der Waals surface area contributed by atoms with E-state index in [4.69, 9.17) is 0 Å². The van der Waals surface area contributed by atoms with Crippen LogP contribution in [0.3, 0.4) is 0 Å². The predicted octanol–water partition coefficient (Wildman–Crippen LogP) is 1.63. The molecule has 1 heterocycles. The van der Waals surface area contributed by atoms with E-state index in [0.29, 0.717) is 5.41 Å². The van der Waals surface area contributed by atoms with Crippen LogP contribution >= 0.6 is 0 Å². The van der Waals surface area contributed by atoms with Gasteiger partial charge in [-0.05, 0) is 44.1 Å². The van der Waals surface area contributed by atoms with Crippen molar-refractivity contribution in [2.24, 2.45) is 11.3 Å². The van der Waals surface area contributed by atoms with Gasteiger partial charge in [0.15, 0.2) is 0 Å². The molecule has 3 nitrogen and oxygen atoms in total. The number of amides is 1. The minimum Gasteiger partial charge on any atom is -0.341 e. The van der Waals surface area contributed by atoms with Crippen LogP contribution in [-0.2, 0) is 4.79 Å². The van der Waals surface area contributed by atoms with Crippen molar-refractivity contribution in [3.63, 3.8) is 0 Å². The zero-order chi connectivity index (χ0) is 11.8. The quantitative estimate of drug-likeness (QED) is 0.787. The summed E-state index contributed by atoms with van der Waals surface area (Å²) in [6.45, 7) is 9.50. The number of carbonyl (C=O) groups excluding carboxylic acids is 1. The summed E-state index contributed by atoms with van der Waals surface area (Å²) in [6.07, 6.45) is 3.65. The third-order valence-corrected chi connectivity index (χ3v) is 4.18. The van der Waals surface area contributed by atoms with Crippen molar-refractivity contribution >= 4 is 5.91 Å². The molecule has 2 fully saturated rings. The Balaban J connectivity index is 1.71. The normalized spacial score (nSPS) is 29.2. The van der Waals surface area contributed by atoms with Crippen molar-refractivity contribution < 1.29 is 4.79 Å². The van der Waals surface area contributed by atoms with Crippen LogP contribution in [0.5, 0.6) is 0 Å². The van der Waals surface area contributed by atoms with Crippen LogP contribution in [0.25, 0.3) is 0 Å². The average Bonchev–Trinajstić information content (AvgIpc) is 2.72. The maximum atomic E-state index is 12.0. The van der Waals surface area contributed by atoms with Crippen molar-refractivity contribution in [3.05, 3.63) is 0 Å². The van der Waals surface area contributed by atoms with Gasteiger partial charge in [-0.15, -0.1) is 0 Å². The zero-order valence-electron chi connectivity index (χ0n) is 10.8. The third-order valence-electron chi connectivity index (χ3n) is 4.18. The summed E-state index contributed by atoms with van der Waals surface area (Å²) in [5.41, 5.74) is 0.503. The first kappa shape index (κ1) is 11.9. The summed E-state index contributed by atoms with van der Waals surface area (Å²) in [4.78, 5) is 14.0. The molecule has 1 aliphatic carbocycles. The van der Waals surface area contributed by atoms with E-state index in [2.05, 4.69) is 19.2 Å². The number of nitrogens with zero attached hydrogens (tertiary/aromatic N) is 1. The van der Waals surface area contributed by atoms with Gasteiger partial charge in [-0.3, -0.25) is 4.79 Å². The van der Waals surface area contributed by atoms with E-state index in [1.165, 1.54) is 19.3 Å². The molecular weight excluding hydrogens is 200 g/mol. The lowest BCUT2D eigenvalue weighted by molar-refractivity contribution is -0.131. The van der Waals surface area contributed by atoms with E-state index in [1.807, 2.05) is 11.8 Å². The van der Waals surface area contributed by atoms with Crippen LogP contribution in [-0.4, -0.2) is 36.5 Å². The lowest BCUT2D eigenvalue weighted by atomic mass is 10.1. The number of rotatable bonds is 4. The molecule has 92 valence electrons. The maximum Gasteiger partial charge on any atom is 0.239 e. The molecule has 1 saturated carbocycles. The highest BCUT2D eigenvalue weighted by Gasteiger charge is 2.45. The van der Waals surface area contributed by atoms with Crippen LogP contribution in [0.15, 0.2) is 0 Å². The van der Waals surface area contributed by atoms with E-state index < -0.39 is 0 Å². The second kappa shape index (κ2) is 4.36. The van der Waals surface area contributed by atoms with Gasteiger partial charge in [-0.1, -0.05) is 13.8 Å². The fourth-order valence-corrected chi connectivity index (χ4v) is 2.54. The summed E-state index contributed by atoms with van der Waals surface area (Å²) >= 11 is 0. The molecule has 0 aromatic rings. The Hall–Kier alpha value is -0.570. The second-order valence-electron chi connectivity index (χ2n) is 6.05. The Morgan fingerprint density at radius 3 is 2.50 bits per heavy atom. The van der Waals surface area contributed by atoms with Gasteiger partial charge in [0.2, 0.25) is 5.91 Å². The largest absolute Gasteiger partial charge is 0.341 e. The van der Waals surface area contributed by atoms with E-state index in [1.54, 1.807) is 0 Å². The van der Waals surface area contributed by atoms with Crippen LogP contribution in [0.1, 0.15) is 40.0 Å². The minimum atomic E-state index is -0.00509. The molecular formula is C13H24N2O. The average molecular weight is 224 g/mol. The molecule has 1 amide bonds. The van der Waals surface area contributed by atoms with Crippen molar-refractivity contribution in [2.75, 3.05) is 19.6 Å². The number of nitrogens with one attached hydrogen (secondary N) is 1. The van der Waals surface area contributed by atoms with E-state index in [-0.39, 0.29) is 11.9 Å². The fraction of sp³-hybridized carbons (Fsp3) is 0.923. The van der Waals surface area contributed by atoms with Crippen molar-refractivity contribution in [1.29, 1.82) is 0 Å². The molecule has 0 aromatic carbocycles. The number of likely N-dealkylation sites (tertiary alicyclic amines) is 1. The van der Waals surface area contributed by atoms with Gasteiger partial charge < -0.3 is 10.2 Å². The van der Waals surface area contributed by atoms with Gasteiger partial charge in [0, 0.05) is 13.1 Å². The molecule has 2 unspecified atom stereocenters. The first-order valence-corrected chi connectivity index (χ1v) is 6.53. The van der Waals surface area contributed by atoms with Crippen molar-refractivity contribution in [1.82, 2.24) is 10.2 Å². The van der Waals surface area contributed by atoms with Gasteiger partial charge in [-0.25, -0.2) is 0 Å². The molecule has 0 bridgehead atoms. The molecule has 16 heavy (non-hydrogen) atoms. The van der Waals surface area contributed by atoms with Gasteiger partial charge in [0.05, 0.1) is 6.04 Å². The molecule has 0 aromatic heterocycles. The summed E-state index contributed by atoms with van der Waals surface area (Å²) in [7, 11) is 0. The number of hydrogen-bond donors (Lipinski definition) is 1. The SMILES string of the molecule is CC(NCC1CC1(C)C)C(=O)N1CCCC1. The Morgan fingerprint density at radius 1 is 1.44 bits per heavy atom. The first-order valence-electron chi connectivity index (χ1n) is 6.53. The fourth-order valence-electron chi connectivity index (χ4n) is 2.54. The lowest BCUT2D eigenvalue weighted by Gasteiger charge is -2.21. The molecule has 2 rings (SSSR count). The van der Waals surface area contributed by atoms with Gasteiger partial charge in [0.25, 0.3) is 0 Å². The number of carbonyl (C=O) groups is 1. The topological polar surface area (TPSA) is 32.3 Å². The highest BCUT2D eigenvalue weighted by Crippen LogP contribution is 2.51. The second-order valence-corrected chi connectivity index (χ2v) is 6.05. The van der Waals surface area contributed by atoms with E-state index in [9.17, 15) is 4.79 Å². The Morgan fingerprint density at radius 2 is 2.00 bits per heavy atom. The summed E-state index contributed by atoms with van der Waals surface area (Å²) in [6, 6.07) is -0.00509. The molecule has 2 aliphatic rings. The smallest absolute Gasteiger partial charge is 0.239 e. The Labute approximate surface area is 98.6 Å².